The molecular weight excluding hydrogens is 633 g/mol. The second kappa shape index (κ2) is 12.9. The van der Waals surface area contributed by atoms with E-state index in [-0.39, 0.29) is 18.9 Å². The molecule has 200 valence electrons. The molecule has 0 radical (unpaired) electrons. The quantitative estimate of drug-likeness (QED) is 0.135. The number of carbonyl (C=O) groups excluding carboxylic acids is 1. The topological polar surface area (TPSA) is 91.3 Å². The number of halogens is 1. The van der Waals surface area contributed by atoms with Crippen LogP contribution in [0.25, 0.3) is 33.0 Å². The maximum Gasteiger partial charge on any atom is 0.305 e. The molecule has 0 bridgehead atoms. The summed E-state index contributed by atoms with van der Waals surface area (Å²) in [6.07, 6.45) is -0.104. The first kappa shape index (κ1) is 27.5. The zero-order chi connectivity index (χ0) is 27.9. The fraction of sp³-hybridized carbons (Fsp3) is 0.0938. The number of amides is 1. The predicted octanol–water partition coefficient (Wildman–Crippen LogP) is 7.57. The van der Waals surface area contributed by atoms with Gasteiger partial charge in [0.05, 0.1) is 12.1 Å². The molecule has 8 heteroatoms. The summed E-state index contributed by atoms with van der Waals surface area (Å²) in [6.45, 7) is 0.679. The summed E-state index contributed by atoms with van der Waals surface area (Å²) in [5.41, 5.74) is 7.93. The van der Waals surface area contributed by atoms with E-state index in [4.69, 9.17) is 10.1 Å². The molecule has 1 aromatic heterocycles. The van der Waals surface area contributed by atoms with E-state index in [9.17, 15) is 9.59 Å². The standard InChI is InChI=1S/C32H26IN3O3S/c33-26-14-15-28(35-19-21-6-8-25(9-7-21)31(39)34-17-16-30(37)38)27(18-26)32-36-29(20-40-32)24-12-10-23(11-13-24)22-4-2-1-3-5-22/h1-15,18,20,35H,16-17,19H2,(H,34,39)(H,37,38). The van der Waals surface area contributed by atoms with Crippen LogP contribution >= 0.6 is 33.9 Å². The Bertz CT molecular complexity index is 1620. The van der Waals surface area contributed by atoms with Crippen molar-refractivity contribution >= 4 is 51.5 Å². The van der Waals surface area contributed by atoms with Gasteiger partial charge in [0.1, 0.15) is 5.01 Å². The van der Waals surface area contributed by atoms with Crippen LogP contribution in [0.15, 0.2) is 102 Å². The van der Waals surface area contributed by atoms with E-state index >= 15 is 0 Å². The van der Waals surface area contributed by atoms with Crippen molar-refractivity contribution in [1.82, 2.24) is 10.3 Å². The van der Waals surface area contributed by atoms with Crippen LogP contribution in [0.5, 0.6) is 0 Å². The van der Waals surface area contributed by atoms with Crippen molar-refractivity contribution in [2.45, 2.75) is 13.0 Å². The van der Waals surface area contributed by atoms with Gasteiger partial charge in [-0.1, -0.05) is 66.7 Å². The number of anilines is 1. The van der Waals surface area contributed by atoms with Crippen LogP contribution in [-0.2, 0) is 11.3 Å². The Morgan fingerprint density at radius 2 is 1.55 bits per heavy atom. The Morgan fingerprint density at radius 1 is 0.850 bits per heavy atom. The predicted molar refractivity (Wildman–Crippen MR) is 169 cm³/mol. The molecule has 0 spiro atoms. The first-order chi connectivity index (χ1) is 19.5. The van der Waals surface area contributed by atoms with E-state index in [1.54, 1.807) is 23.5 Å². The summed E-state index contributed by atoms with van der Waals surface area (Å²) < 4.78 is 1.13. The zero-order valence-corrected chi connectivity index (χ0v) is 24.4. The Kier molecular flexibility index (Phi) is 8.87. The number of rotatable bonds is 10. The fourth-order valence-electron chi connectivity index (χ4n) is 4.20. The molecule has 5 aromatic rings. The SMILES string of the molecule is O=C(O)CCNC(=O)c1ccc(CNc2ccc(I)cc2-c2nc(-c3ccc(-c4ccccc4)cc3)cs2)cc1. The Balaban J connectivity index is 1.27. The summed E-state index contributed by atoms with van der Waals surface area (Å²) >= 11 is 3.94. The largest absolute Gasteiger partial charge is 0.481 e. The van der Waals surface area contributed by atoms with Gasteiger partial charge in [-0.25, -0.2) is 4.98 Å². The lowest BCUT2D eigenvalue weighted by Gasteiger charge is -2.12. The van der Waals surface area contributed by atoms with Crippen molar-refractivity contribution < 1.29 is 14.7 Å². The number of carboxylic acid groups (broad SMARTS) is 1. The Hall–Kier alpha value is -4.02. The number of benzene rings is 4. The molecule has 0 fully saturated rings. The minimum absolute atomic E-state index is 0.102. The van der Waals surface area contributed by atoms with Gasteiger partial charge in [-0.2, -0.15) is 0 Å². The average molecular weight is 660 g/mol. The van der Waals surface area contributed by atoms with Gasteiger partial charge in [0, 0.05) is 44.4 Å². The molecule has 0 saturated heterocycles. The molecule has 0 aliphatic heterocycles. The van der Waals surface area contributed by atoms with Gasteiger partial charge in [-0.3, -0.25) is 9.59 Å². The summed E-state index contributed by atoms with van der Waals surface area (Å²) in [5, 5.41) is 17.9. The Morgan fingerprint density at radius 3 is 2.27 bits per heavy atom. The van der Waals surface area contributed by atoms with E-state index in [1.807, 2.05) is 30.3 Å². The second-order valence-corrected chi connectivity index (χ2v) is 11.2. The highest BCUT2D eigenvalue weighted by molar-refractivity contribution is 14.1. The van der Waals surface area contributed by atoms with E-state index < -0.39 is 5.97 Å². The summed E-state index contributed by atoms with van der Waals surface area (Å²) in [4.78, 5) is 27.8. The van der Waals surface area contributed by atoms with Crippen LogP contribution in [0.3, 0.4) is 0 Å². The minimum Gasteiger partial charge on any atom is -0.481 e. The van der Waals surface area contributed by atoms with E-state index in [0.29, 0.717) is 12.1 Å². The molecule has 1 amide bonds. The number of aliphatic carboxylic acids is 1. The smallest absolute Gasteiger partial charge is 0.305 e. The molecule has 40 heavy (non-hydrogen) atoms. The highest BCUT2D eigenvalue weighted by atomic mass is 127. The summed E-state index contributed by atoms with van der Waals surface area (Å²) in [5.74, 6) is -1.22. The maximum absolute atomic E-state index is 12.2. The first-order valence-electron chi connectivity index (χ1n) is 12.7. The lowest BCUT2D eigenvalue weighted by Crippen LogP contribution is -2.25. The van der Waals surface area contributed by atoms with Crippen LogP contribution in [0.1, 0.15) is 22.3 Å². The van der Waals surface area contributed by atoms with Crippen LogP contribution in [0, 0.1) is 3.57 Å². The van der Waals surface area contributed by atoms with E-state index in [1.165, 1.54) is 11.1 Å². The van der Waals surface area contributed by atoms with E-state index in [2.05, 4.69) is 93.2 Å². The molecule has 0 aliphatic rings. The van der Waals surface area contributed by atoms with Gasteiger partial charge in [0.25, 0.3) is 5.91 Å². The van der Waals surface area contributed by atoms with E-state index in [0.717, 1.165) is 36.6 Å². The lowest BCUT2D eigenvalue weighted by atomic mass is 10.0. The van der Waals surface area contributed by atoms with Gasteiger partial charge in [0.2, 0.25) is 0 Å². The highest BCUT2D eigenvalue weighted by Crippen LogP contribution is 2.35. The van der Waals surface area contributed by atoms with Crippen molar-refractivity contribution in [1.29, 1.82) is 0 Å². The van der Waals surface area contributed by atoms with Crippen molar-refractivity contribution in [3.05, 3.63) is 117 Å². The molecule has 0 atom stereocenters. The molecule has 3 N–H and O–H groups in total. The summed E-state index contributed by atoms with van der Waals surface area (Å²) in [6, 6.07) is 32.4. The third-order valence-electron chi connectivity index (χ3n) is 6.33. The van der Waals surface area contributed by atoms with Gasteiger partial charge >= 0.3 is 5.97 Å². The minimum atomic E-state index is -0.942. The second-order valence-electron chi connectivity index (χ2n) is 9.12. The maximum atomic E-state index is 12.2. The monoisotopic (exact) mass is 659 g/mol. The first-order valence-corrected chi connectivity index (χ1v) is 14.7. The molecule has 6 nitrogen and oxygen atoms in total. The molecule has 4 aromatic carbocycles. The number of hydrogen-bond acceptors (Lipinski definition) is 5. The normalized spacial score (nSPS) is 10.7. The molecule has 0 aliphatic carbocycles. The summed E-state index contributed by atoms with van der Waals surface area (Å²) in [7, 11) is 0. The van der Waals surface area contributed by atoms with Crippen molar-refractivity contribution in [3.8, 4) is 33.0 Å². The molecular formula is C32H26IN3O3S. The van der Waals surface area contributed by atoms with Crippen LogP contribution in [-0.4, -0.2) is 28.5 Å². The van der Waals surface area contributed by atoms with Crippen LogP contribution in [0.4, 0.5) is 5.69 Å². The average Bonchev–Trinajstić information content (AvgIpc) is 3.47. The molecule has 5 rings (SSSR count). The number of carbonyl (C=O) groups is 2. The fourth-order valence-corrected chi connectivity index (χ4v) is 5.55. The Labute approximate surface area is 250 Å². The number of nitrogens with zero attached hydrogens (tertiary/aromatic N) is 1. The van der Waals surface area contributed by atoms with Gasteiger partial charge in [0.15, 0.2) is 0 Å². The zero-order valence-electron chi connectivity index (χ0n) is 21.4. The number of nitrogens with one attached hydrogen (secondary N) is 2. The number of hydrogen-bond donors (Lipinski definition) is 3. The van der Waals surface area contributed by atoms with Crippen LogP contribution < -0.4 is 10.6 Å². The number of aromatic nitrogens is 1. The highest BCUT2D eigenvalue weighted by Gasteiger charge is 2.13. The van der Waals surface area contributed by atoms with Gasteiger partial charge in [-0.05, 0) is 69.6 Å². The number of thiazole rings is 1. The lowest BCUT2D eigenvalue weighted by molar-refractivity contribution is -0.136. The van der Waals surface area contributed by atoms with Crippen molar-refractivity contribution in [2.75, 3.05) is 11.9 Å². The third kappa shape index (κ3) is 6.94. The molecule has 0 unspecified atom stereocenters. The number of carboxylic acids is 1. The molecule has 0 saturated carbocycles. The van der Waals surface area contributed by atoms with Crippen molar-refractivity contribution in [2.24, 2.45) is 0 Å². The van der Waals surface area contributed by atoms with Crippen molar-refractivity contribution in [3.63, 3.8) is 0 Å². The van der Waals surface area contributed by atoms with Gasteiger partial charge in [-0.15, -0.1) is 11.3 Å². The van der Waals surface area contributed by atoms with Crippen LogP contribution in [0.2, 0.25) is 0 Å². The van der Waals surface area contributed by atoms with Gasteiger partial charge < -0.3 is 15.7 Å². The molecule has 1 heterocycles. The third-order valence-corrected chi connectivity index (χ3v) is 7.87.